The van der Waals surface area contributed by atoms with Crippen LogP contribution in [0, 0.1) is 6.92 Å². The third kappa shape index (κ3) is 5.66. The maximum absolute atomic E-state index is 4.81. The minimum Gasteiger partial charge on any atom is -0.357 e. The van der Waals surface area contributed by atoms with Crippen molar-refractivity contribution in [1.29, 1.82) is 0 Å². The highest BCUT2D eigenvalue weighted by Gasteiger charge is 2.20. The summed E-state index contributed by atoms with van der Waals surface area (Å²) >= 11 is 1.70. The van der Waals surface area contributed by atoms with E-state index in [1.165, 1.54) is 19.4 Å². The van der Waals surface area contributed by atoms with Gasteiger partial charge >= 0.3 is 0 Å². The SMILES string of the molecule is CCNC(=NCC1CCCN1C)N(C)Cc1csc(C)n1.I. The quantitative estimate of drug-likeness (QED) is 0.437. The zero-order chi connectivity index (χ0) is 15.2. The number of aliphatic imine (C=N–C) groups is 1. The van der Waals surface area contributed by atoms with Crippen molar-refractivity contribution in [1.82, 2.24) is 20.1 Å². The fourth-order valence-electron chi connectivity index (χ4n) is 2.67. The van der Waals surface area contributed by atoms with Gasteiger partial charge in [-0.15, -0.1) is 35.3 Å². The Morgan fingerprint density at radius 3 is 2.91 bits per heavy atom. The zero-order valence-electron chi connectivity index (χ0n) is 14.0. The van der Waals surface area contributed by atoms with Crippen LogP contribution in [0.5, 0.6) is 0 Å². The van der Waals surface area contributed by atoms with Crippen LogP contribution in [0.15, 0.2) is 10.4 Å². The van der Waals surface area contributed by atoms with Crippen LogP contribution in [0.2, 0.25) is 0 Å². The standard InChI is InChI=1S/C15H27N5S.HI/c1-5-16-15(17-9-14-7-6-8-19(14)3)20(4)10-13-11-21-12(2)18-13;/h11,14H,5-10H2,1-4H3,(H,16,17);1H. The summed E-state index contributed by atoms with van der Waals surface area (Å²) in [4.78, 5) is 13.9. The van der Waals surface area contributed by atoms with E-state index in [-0.39, 0.29) is 24.0 Å². The molecule has 1 unspecified atom stereocenters. The second-order valence-corrected chi connectivity index (χ2v) is 6.75. The number of aryl methyl sites for hydroxylation is 1. The van der Waals surface area contributed by atoms with E-state index in [1.54, 1.807) is 11.3 Å². The maximum Gasteiger partial charge on any atom is 0.194 e. The number of nitrogens with zero attached hydrogens (tertiary/aromatic N) is 4. The molecule has 0 bridgehead atoms. The molecule has 1 aromatic heterocycles. The molecule has 1 fully saturated rings. The van der Waals surface area contributed by atoms with Crippen molar-refractivity contribution < 1.29 is 0 Å². The molecule has 1 aliphatic rings. The molecule has 1 aromatic rings. The highest BCUT2D eigenvalue weighted by atomic mass is 127. The van der Waals surface area contributed by atoms with E-state index in [4.69, 9.17) is 4.99 Å². The topological polar surface area (TPSA) is 43.8 Å². The minimum atomic E-state index is 0. The van der Waals surface area contributed by atoms with Crippen molar-refractivity contribution in [3.63, 3.8) is 0 Å². The van der Waals surface area contributed by atoms with Crippen LogP contribution in [-0.2, 0) is 6.54 Å². The van der Waals surface area contributed by atoms with Crippen LogP contribution < -0.4 is 5.32 Å². The van der Waals surface area contributed by atoms with E-state index in [9.17, 15) is 0 Å². The molecular weight excluding hydrogens is 409 g/mol. The summed E-state index contributed by atoms with van der Waals surface area (Å²) in [5.74, 6) is 0.975. The Hall–Kier alpha value is -0.410. The lowest BCUT2D eigenvalue weighted by molar-refractivity contribution is 0.316. The second kappa shape index (κ2) is 9.67. The summed E-state index contributed by atoms with van der Waals surface area (Å²) in [6.45, 7) is 7.92. The van der Waals surface area contributed by atoms with Gasteiger partial charge in [-0.1, -0.05) is 0 Å². The Bertz CT molecular complexity index is 476. The summed E-state index contributed by atoms with van der Waals surface area (Å²) in [6, 6.07) is 0.591. The molecule has 126 valence electrons. The highest BCUT2D eigenvalue weighted by molar-refractivity contribution is 14.0. The van der Waals surface area contributed by atoms with E-state index >= 15 is 0 Å². The zero-order valence-corrected chi connectivity index (χ0v) is 17.1. The van der Waals surface area contributed by atoms with Gasteiger partial charge in [-0.2, -0.15) is 0 Å². The Balaban J connectivity index is 0.00000242. The van der Waals surface area contributed by atoms with E-state index in [1.807, 2.05) is 6.92 Å². The lowest BCUT2D eigenvalue weighted by Gasteiger charge is -2.23. The van der Waals surface area contributed by atoms with Gasteiger partial charge in [0.05, 0.1) is 23.8 Å². The van der Waals surface area contributed by atoms with Gasteiger partial charge in [0.2, 0.25) is 0 Å². The van der Waals surface area contributed by atoms with E-state index in [2.05, 4.69) is 46.5 Å². The Kier molecular flexibility index (Phi) is 8.63. The van der Waals surface area contributed by atoms with E-state index in [0.29, 0.717) is 6.04 Å². The Morgan fingerprint density at radius 2 is 2.36 bits per heavy atom. The minimum absolute atomic E-state index is 0. The van der Waals surface area contributed by atoms with Crippen molar-refractivity contribution >= 4 is 41.3 Å². The fourth-order valence-corrected chi connectivity index (χ4v) is 3.27. The number of rotatable bonds is 5. The summed E-state index contributed by atoms with van der Waals surface area (Å²) in [6.07, 6.45) is 2.55. The normalized spacial score (nSPS) is 19.1. The highest BCUT2D eigenvalue weighted by Crippen LogP contribution is 2.15. The molecule has 2 heterocycles. The summed E-state index contributed by atoms with van der Waals surface area (Å²) in [5, 5.41) is 6.62. The Morgan fingerprint density at radius 1 is 1.59 bits per heavy atom. The molecule has 5 nitrogen and oxygen atoms in total. The summed E-state index contributed by atoms with van der Waals surface area (Å²) in [7, 11) is 4.27. The molecule has 1 N–H and O–H groups in total. The predicted molar refractivity (Wildman–Crippen MR) is 105 cm³/mol. The van der Waals surface area contributed by atoms with Crippen molar-refractivity contribution in [2.75, 3.05) is 33.7 Å². The Labute approximate surface area is 155 Å². The molecular formula is C15H28IN5S. The number of hydrogen-bond donors (Lipinski definition) is 1. The first-order chi connectivity index (χ1) is 10.1. The number of aromatic nitrogens is 1. The van der Waals surface area contributed by atoms with Gasteiger partial charge in [0, 0.05) is 25.0 Å². The van der Waals surface area contributed by atoms with Crippen LogP contribution in [0.4, 0.5) is 0 Å². The van der Waals surface area contributed by atoms with Gasteiger partial charge in [0.1, 0.15) is 0 Å². The predicted octanol–water partition coefficient (Wildman–Crippen LogP) is 2.56. The first kappa shape index (κ1) is 19.6. The molecule has 7 heteroatoms. The van der Waals surface area contributed by atoms with E-state index < -0.39 is 0 Å². The average Bonchev–Trinajstić information content (AvgIpc) is 3.03. The van der Waals surface area contributed by atoms with Crippen LogP contribution >= 0.6 is 35.3 Å². The molecule has 22 heavy (non-hydrogen) atoms. The molecule has 1 saturated heterocycles. The van der Waals surface area contributed by atoms with Crippen LogP contribution in [0.1, 0.15) is 30.5 Å². The summed E-state index contributed by atoms with van der Waals surface area (Å²) < 4.78 is 0. The van der Waals surface area contributed by atoms with Gasteiger partial charge < -0.3 is 15.1 Å². The molecule has 0 spiro atoms. The number of nitrogens with one attached hydrogen (secondary N) is 1. The monoisotopic (exact) mass is 437 g/mol. The number of hydrogen-bond acceptors (Lipinski definition) is 4. The fraction of sp³-hybridized carbons (Fsp3) is 0.733. The maximum atomic E-state index is 4.81. The number of thiazole rings is 1. The molecule has 0 amide bonds. The van der Waals surface area contributed by atoms with Crippen molar-refractivity contribution in [2.24, 2.45) is 4.99 Å². The van der Waals surface area contributed by atoms with Gasteiger partial charge in [0.25, 0.3) is 0 Å². The van der Waals surface area contributed by atoms with Crippen LogP contribution in [-0.4, -0.2) is 60.5 Å². The number of guanidine groups is 1. The van der Waals surface area contributed by atoms with Gasteiger partial charge in [0.15, 0.2) is 5.96 Å². The average molecular weight is 437 g/mol. The molecule has 0 aromatic carbocycles. The molecule has 0 aliphatic carbocycles. The third-order valence-electron chi connectivity index (χ3n) is 3.89. The first-order valence-electron chi connectivity index (χ1n) is 7.70. The molecule has 1 aliphatic heterocycles. The van der Waals surface area contributed by atoms with E-state index in [0.717, 1.165) is 36.3 Å². The third-order valence-corrected chi connectivity index (χ3v) is 4.71. The molecule has 0 radical (unpaired) electrons. The van der Waals surface area contributed by atoms with Gasteiger partial charge in [-0.25, -0.2) is 4.98 Å². The number of halogens is 1. The second-order valence-electron chi connectivity index (χ2n) is 5.69. The van der Waals surface area contributed by atoms with Crippen LogP contribution in [0.25, 0.3) is 0 Å². The molecule has 1 atom stereocenters. The lowest BCUT2D eigenvalue weighted by atomic mass is 10.2. The molecule has 0 saturated carbocycles. The van der Waals surface area contributed by atoms with Gasteiger partial charge in [-0.05, 0) is 40.3 Å². The van der Waals surface area contributed by atoms with Crippen LogP contribution in [0.3, 0.4) is 0 Å². The molecule has 2 rings (SSSR count). The largest absolute Gasteiger partial charge is 0.357 e. The van der Waals surface area contributed by atoms with Crippen molar-refractivity contribution in [3.05, 3.63) is 16.1 Å². The van der Waals surface area contributed by atoms with Crippen molar-refractivity contribution in [3.8, 4) is 0 Å². The van der Waals surface area contributed by atoms with Crippen molar-refractivity contribution in [2.45, 2.75) is 39.3 Å². The number of likely N-dealkylation sites (tertiary alicyclic amines) is 1. The van der Waals surface area contributed by atoms with Gasteiger partial charge in [-0.3, -0.25) is 4.99 Å². The summed E-state index contributed by atoms with van der Waals surface area (Å²) in [5.41, 5.74) is 1.11. The first-order valence-corrected chi connectivity index (χ1v) is 8.58. The number of likely N-dealkylation sites (N-methyl/N-ethyl adjacent to an activating group) is 1. The lowest BCUT2D eigenvalue weighted by Crippen LogP contribution is -2.39. The smallest absolute Gasteiger partial charge is 0.194 e.